The van der Waals surface area contributed by atoms with E-state index in [1.165, 1.54) is 0 Å². The minimum atomic E-state index is -0.196. The quantitative estimate of drug-likeness (QED) is 0.752. The predicted octanol–water partition coefficient (Wildman–Crippen LogP) is 2.81. The van der Waals surface area contributed by atoms with E-state index in [0.717, 1.165) is 0 Å². The van der Waals surface area contributed by atoms with Gasteiger partial charge in [-0.3, -0.25) is 9.79 Å². The molecule has 0 aromatic rings. The maximum Gasteiger partial charge on any atom is 0.168 e. The van der Waals surface area contributed by atoms with Crippen LogP contribution in [0, 0.1) is 5.41 Å². The van der Waals surface area contributed by atoms with E-state index in [-0.39, 0.29) is 29.6 Å². The molecular weight excluding hydrogens is 242 g/mol. The van der Waals surface area contributed by atoms with Gasteiger partial charge in [-0.25, -0.2) is 0 Å². The number of carbonyl (C=O) groups is 1. The molecule has 0 fully saturated rings. The number of hydrogen-bond acceptors (Lipinski definition) is 4. The largest absolute Gasteiger partial charge is 0.511 e. The topological polar surface area (TPSA) is 69.9 Å². The number of aliphatic hydroxyl groups excluding tert-OH is 2. The molecule has 0 amide bonds. The van der Waals surface area contributed by atoms with Gasteiger partial charge < -0.3 is 10.2 Å². The van der Waals surface area contributed by atoms with Crippen LogP contribution in [-0.2, 0) is 4.79 Å². The summed E-state index contributed by atoms with van der Waals surface area (Å²) in [6.45, 7) is 7.77. The standard InChI is InChI=1S/C15H25NO3/c1-5-10(9-17)16-11(6-2)14-12(18)7-15(3,4)8-13(14)19/h10,17-18H,5-9H2,1-4H3. The van der Waals surface area contributed by atoms with Gasteiger partial charge in [0.25, 0.3) is 0 Å². The van der Waals surface area contributed by atoms with E-state index in [0.29, 0.717) is 37.0 Å². The fourth-order valence-electron chi connectivity index (χ4n) is 2.43. The van der Waals surface area contributed by atoms with Crippen LogP contribution in [0.2, 0.25) is 0 Å². The first-order valence-corrected chi connectivity index (χ1v) is 6.97. The van der Waals surface area contributed by atoms with Crippen molar-refractivity contribution in [2.45, 2.75) is 59.4 Å². The zero-order chi connectivity index (χ0) is 14.6. The van der Waals surface area contributed by atoms with Crippen molar-refractivity contribution in [1.82, 2.24) is 0 Å². The highest BCUT2D eigenvalue weighted by Crippen LogP contribution is 2.36. The fourth-order valence-corrected chi connectivity index (χ4v) is 2.43. The van der Waals surface area contributed by atoms with Crippen LogP contribution in [-0.4, -0.2) is 34.4 Å². The summed E-state index contributed by atoms with van der Waals surface area (Å²) in [5, 5.41) is 19.4. The summed E-state index contributed by atoms with van der Waals surface area (Å²) in [5.74, 6) is 0.108. The molecule has 0 bridgehead atoms. The normalized spacial score (nSPS) is 21.7. The second-order valence-corrected chi connectivity index (χ2v) is 5.94. The predicted molar refractivity (Wildman–Crippen MR) is 76.6 cm³/mol. The molecule has 0 radical (unpaired) electrons. The van der Waals surface area contributed by atoms with Crippen molar-refractivity contribution in [3.8, 4) is 0 Å². The van der Waals surface area contributed by atoms with Gasteiger partial charge in [0.15, 0.2) is 5.78 Å². The Hall–Kier alpha value is -1.16. The molecule has 1 aliphatic rings. The number of carbonyl (C=O) groups excluding carboxylic acids is 1. The average molecular weight is 267 g/mol. The van der Waals surface area contributed by atoms with E-state index in [1.807, 2.05) is 27.7 Å². The van der Waals surface area contributed by atoms with Crippen molar-refractivity contribution >= 4 is 11.5 Å². The lowest BCUT2D eigenvalue weighted by Crippen LogP contribution is -2.29. The van der Waals surface area contributed by atoms with Gasteiger partial charge in [0.05, 0.1) is 18.2 Å². The summed E-state index contributed by atoms with van der Waals surface area (Å²) in [5.41, 5.74) is 0.817. The molecule has 1 atom stereocenters. The Morgan fingerprint density at radius 1 is 1.37 bits per heavy atom. The van der Waals surface area contributed by atoms with Crippen LogP contribution >= 0.6 is 0 Å². The highest BCUT2D eigenvalue weighted by Gasteiger charge is 2.34. The minimum Gasteiger partial charge on any atom is -0.511 e. The molecule has 0 aromatic carbocycles. The lowest BCUT2D eigenvalue weighted by atomic mass is 9.75. The maximum absolute atomic E-state index is 12.2. The van der Waals surface area contributed by atoms with Crippen molar-refractivity contribution in [3.63, 3.8) is 0 Å². The molecule has 19 heavy (non-hydrogen) atoms. The number of nitrogens with zero attached hydrogens (tertiary/aromatic N) is 1. The molecule has 4 nitrogen and oxygen atoms in total. The second-order valence-electron chi connectivity index (χ2n) is 5.94. The van der Waals surface area contributed by atoms with Crippen molar-refractivity contribution < 1.29 is 15.0 Å². The summed E-state index contributed by atoms with van der Waals surface area (Å²) in [7, 11) is 0. The molecule has 1 rings (SSSR count). The molecule has 0 saturated carbocycles. The van der Waals surface area contributed by atoms with Gasteiger partial charge in [-0.2, -0.15) is 0 Å². The Morgan fingerprint density at radius 2 is 2.00 bits per heavy atom. The van der Waals surface area contributed by atoms with Gasteiger partial charge in [-0.05, 0) is 18.3 Å². The molecule has 0 heterocycles. The zero-order valence-corrected chi connectivity index (χ0v) is 12.4. The van der Waals surface area contributed by atoms with Gasteiger partial charge >= 0.3 is 0 Å². The van der Waals surface area contributed by atoms with Crippen molar-refractivity contribution in [3.05, 3.63) is 11.3 Å². The van der Waals surface area contributed by atoms with E-state index >= 15 is 0 Å². The van der Waals surface area contributed by atoms with Gasteiger partial charge in [-0.1, -0.05) is 27.7 Å². The Kier molecular flexibility index (Phi) is 5.29. The van der Waals surface area contributed by atoms with E-state index in [9.17, 15) is 15.0 Å². The lowest BCUT2D eigenvalue weighted by molar-refractivity contribution is -0.117. The molecule has 1 unspecified atom stereocenters. The fraction of sp³-hybridized carbons (Fsp3) is 0.733. The minimum absolute atomic E-state index is 0.0340. The Morgan fingerprint density at radius 3 is 2.42 bits per heavy atom. The SMILES string of the molecule is CCC(=NC(CC)CO)C1=C(O)CC(C)(C)CC1=O. The Balaban J connectivity index is 3.14. The van der Waals surface area contributed by atoms with Crippen LogP contribution in [0.3, 0.4) is 0 Å². The molecule has 0 aliphatic heterocycles. The third-order valence-corrected chi connectivity index (χ3v) is 3.50. The maximum atomic E-state index is 12.2. The number of allylic oxidation sites excluding steroid dienone is 2. The summed E-state index contributed by atoms with van der Waals surface area (Å²) in [4.78, 5) is 16.6. The summed E-state index contributed by atoms with van der Waals surface area (Å²) in [6.07, 6.45) is 2.24. The average Bonchev–Trinajstić information content (AvgIpc) is 2.31. The van der Waals surface area contributed by atoms with Crippen LogP contribution in [0.1, 0.15) is 53.4 Å². The summed E-state index contributed by atoms with van der Waals surface area (Å²) in [6, 6.07) is -0.196. The zero-order valence-electron chi connectivity index (χ0n) is 12.4. The second kappa shape index (κ2) is 6.33. The molecule has 4 heteroatoms. The van der Waals surface area contributed by atoms with Gasteiger partial charge in [0.1, 0.15) is 5.76 Å². The third-order valence-electron chi connectivity index (χ3n) is 3.50. The molecule has 0 aromatic heterocycles. The highest BCUT2D eigenvalue weighted by molar-refractivity contribution is 6.23. The van der Waals surface area contributed by atoms with Crippen LogP contribution < -0.4 is 0 Å². The smallest absolute Gasteiger partial charge is 0.168 e. The van der Waals surface area contributed by atoms with Crippen LogP contribution in [0.5, 0.6) is 0 Å². The van der Waals surface area contributed by atoms with Gasteiger partial charge in [0, 0.05) is 18.6 Å². The number of Topliss-reactive ketones (excluding diaryl/α,β-unsaturated/α-hetero) is 1. The van der Waals surface area contributed by atoms with E-state index in [2.05, 4.69) is 4.99 Å². The first-order valence-electron chi connectivity index (χ1n) is 6.97. The van der Waals surface area contributed by atoms with Crippen LogP contribution in [0.25, 0.3) is 0 Å². The van der Waals surface area contributed by atoms with E-state index in [4.69, 9.17) is 0 Å². The first-order chi connectivity index (χ1) is 8.84. The van der Waals surface area contributed by atoms with E-state index < -0.39 is 0 Å². The van der Waals surface area contributed by atoms with Crippen LogP contribution in [0.15, 0.2) is 16.3 Å². The van der Waals surface area contributed by atoms with Crippen LogP contribution in [0.4, 0.5) is 0 Å². The van der Waals surface area contributed by atoms with Crippen molar-refractivity contribution in [2.75, 3.05) is 6.61 Å². The molecule has 2 N–H and O–H groups in total. The van der Waals surface area contributed by atoms with E-state index in [1.54, 1.807) is 0 Å². The van der Waals surface area contributed by atoms with Gasteiger partial charge in [0.2, 0.25) is 0 Å². The number of ketones is 1. The summed E-state index contributed by atoms with van der Waals surface area (Å²) >= 11 is 0. The number of aliphatic imine (C=N–C) groups is 1. The van der Waals surface area contributed by atoms with Crippen molar-refractivity contribution in [2.24, 2.45) is 10.4 Å². The Bertz CT molecular complexity index is 404. The number of hydrogen-bond donors (Lipinski definition) is 2. The summed E-state index contributed by atoms with van der Waals surface area (Å²) < 4.78 is 0. The lowest BCUT2D eigenvalue weighted by Gasteiger charge is -2.30. The van der Waals surface area contributed by atoms with Gasteiger partial charge in [-0.15, -0.1) is 0 Å². The monoisotopic (exact) mass is 267 g/mol. The molecule has 1 aliphatic carbocycles. The molecular formula is C15H25NO3. The highest BCUT2D eigenvalue weighted by atomic mass is 16.3. The molecule has 0 saturated heterocycles. The third kappa shape index (κ3) is 3.90. The number of aliphatic hydroxyl groups is 2. The number of rotatable bonds is 5. The Labute approximate surface area is 115 Å². The molecule has 108 valence electrons. The first kappa shape index (κ1) is 15.9. The van der Waals surface area contributed by atoms with Crippen molar-refractivity contribution in [1.29, 1.82) is 0 Å². The molecule has 0 spiro atoms.